The van der Waals surface area contributed by atoms with Gasteiger partial charge < -0.3 is 4.74 Å². The first-order chi connectivity index (χ1) is 10.7. The van der Waals surface area contributed by atoms with Crippen LogP contribution in [-0.2, 0) is 11.3 Å². The van der Waals surface area contributed by atoms with Crippen molar-refractivity contribution >= 4 is 17.3 Å². The fourth-order valence-electron chi connectivity index (χ4n) is 2.10. The first-order valence-electron chi connectivity index (χ1n) is 6.96. The number of aryl methyl sites for hydroxylation is 1. The molecule has 3 nitrogen and oxygen atoms in total. The van der Waals surface area contributed by atoms with E-state index < -0.39 is 0 Å². The second-order valence-electron chi connectivity index (χ2n) is 4.88. The van der Waals surface area contributed by atoms with Gasteiger partial charge in [0, 0.05) is 0 Å². The summed E-state index contributed by atoms with van der Waals surface area (Å²) in [4.78, 5) is 16.5. The third kappa shape index (κ3) is 3.40. The van der Waals surface area contributed by atoms with Crippen LogP contribution in [0.1, 0.15) is 20.2 Å². The molecule has 0 radical (unpaired) electrons. The summed E-state index contributed by atoms with van der Waals surface area (Å²) in [5, 5.41) is 0.860. The molecule has 22 heavy (non-hydrogen) atoms. The van der Waals surface area contributed by atoms with Crippen LogP contribution in [0.15, 0.2) is 60.8 Å². The summed E-state index contributed by atoms with van der Waals surface area (Å²) in [6.07, 6.45) is 1.56. The van der Waals surface area contributed by atoms with E-state index in [1.165, 1.54) is 16.9 Å². The minimum Gasteiger partial charge on any atom is -0.457 e. The van der Waals surface area contributed by atoms with Crippen LogP contribution in [0.2, 0.25) is 0 Å². The SMILES string of the molecule is Cc1ncc(C(=O)OCc2ccc(-c3ccccc3)cc2)s1. The number of hydrogen-bond donors (Lipinski definition) is 0. The van der Waals surface area contributed by atoms with E-state index >= 15 is 0 Å². The highest BCUT2D eigenvalue weighted by atomic mass is 32.1. The van der Waals surface area contributed by atoms with Crippen molar-refractivity contribution in [2.75, 3.05) is 0 Å². The molecule has 1 aromatic heterocycles. The van der Waals surface area contributed by atoms with Crippen molar-refractivity contribution < 1.29 is 9.53 Å². The first kappa shape index (κ1) is 14.5. The van der Waals surface area contributed by atoms with E-state index in [2.05, 4.69) is 17.1 Å². The molecular formula is C18H15NO2S. The Morgan fingerprint density at radius 3 is 2.36 bits per heavy atom. The fraction of sp³-hybridized carbons (Fsp3) is 0.111. The minimum atomic E-state index is -0.322. The summed E-state index contributed by atoms with van der Waals surface area (Å²) in [5.41, 5.74) is 3.29. The maximum absolute atomic E-state index is 11.9. The number of rotatable bonds is 4. The van der Waals surface area contributed by atoms with Crippen molar-refractivity contribution in [1.82, 2.24) is 4.98 Å². The number of carbonyl (C=O) groups is 1. The molecular weight excluding hydrogens is 294 g/mol. The van der Waals surface area contributed by atoms with Crippen LogP contribution in [-0.4, -0.2) is 11.0 Å². The highest BCUT2D eigenvalue weighted by Crippen LogP contribution is 2.20. The number of aromatic nitrogens is 1. The number of esters is 1. The predicted octanol–water partition coefficient (Wildman–Crippen LogP) is 4.48. The number of carbonyl (C=O) groups excluding carboxylic acids is 1. The molecule has 0 amide bonds. The summed E-state index contributed by atoms with van der Waals surface area (Å²) in [6.45, 7) is 2.13. The van der Waals surface area contributed by atoms with Gasteiger partial charge in [-0.15, -0.1) is 11.3 Å². The number of nitrogens with zero attached hydrogens (tertiary/aromatic N) is 1. The summed E-state index contributed by atoms with van der Waals surface area (Å²) in [5.74, 6) is -0.322. The molecule has 0 fully saturated rings. The smallest absolute Gasteiger partial charge is 0.350 e. The van der Waals surface area contributed by atoms with Crippen LogP contribution in [0.3, 0.4) is 0 Å². The number of ether oxygens (including phenoxy) is 1. The zero-order valence-corrected chi connectivity index (χ0v) is 13.0. The molecule has 0 aliphatic rings. The van der Waals surface area contributed by atoms with Crippen LogP contribution < -0.4 is 0 Å². The Bertz CT molecular complexity index is 763. The van der Waals surface area contributed by atoms with E-state index in [0.717, 1.165) is 16.1 Å². The molecule has 110 valence electrons. The van der Waals surface area contributed by atoms with Crippen LogP contribution >= 0.6 is 11.3 Å². The number of hydrogen-bond acceptors (Lipinski definition) is 4. The molecule has 0 aliphatic carbocycles. The lowest BCUT2D eigenvalue weighted by molar-refractivity contribution is 0.0478. The molecule has 1 heterocycles. The lowest BCUT2D eigenvalue weighted by atomic mass is 10.0. The second-order valence-corrected chi connectivity index (χ2v) is 6.12. The molecule has 2 aromatic carbocycles. The Labute approximate surface area is 133 Å². The van der Waals surface area contributed by atoms with E-state index in [4.69, 9.17) is 4.74 Å². The van der Waals surface area contributed by atoms with E-state index in [1.54, 1.807) is 6.20 Å². The van der Waals surface area contributed by atoms with Gasteiger partial charge in [0.25, 0.3) is 0 Å². The van der Waals surface area contributed by atoms with E-state index in [-0.39, 0.29) is 12.6 Å². The van der Waals surface area contributed by atoms with Crippen molar-refractivity contribution in [2.45, 2.75) is 13.5 Å². The van der Waals surface area contributed by atoms with Gasteiger partial charge in [-0.25, -0.2) is 9.78 Å². The standard InChI is InChI=1S/C18H15NO2S/c1-13-19-11-17(22-13)18(20)21-12-14-7-9-16(10-8-14)15-5-3-2-4-6-15/h2-11H,12H2,1H3. The van der Waals surface area contributed by atoms with Crippen LogP contribution in [0.25, 0.3) is 11.1 Å². The quantitative estimate of drug-likeness (QED) is 0.667. The normalized spacial score (nSPS) is 10.4. The Morgan fingerprint density at radius 1 is 1.05 bits per heavy atom. The van der Waals surface area contributed by atoms with Gasteiger partial charge in [-0.2, -0.15) is 0 Å². The molecule has 3 aromatic rings. The number of thiazole rings is 1. The summed E-state index contributed by atoms with van der Waals surface area (Å²) in [6, 6.07) is 18.2. The Kier molecular flexibility index (Phi) is 4.30. The summed E-state index contributed by atoms with van der Waals surface area (Å²) < 4.78 is 5.30. The maximum Gasteiger partial charge on any atom is 0.350 e. The maximum atomic E-state index is 11.9. The Balaban J connectivity index is 1.63. The zero-order chi connectivity index (χ0) is 15.4. The second kappa shape index (κ2) is 6.54. The molecule has 0 saturated carbocycles. The minimum absolute atomic E-state index is 0.269. The Morgan fingerprint density at radius 2 is 1.73 bits per heavy atom. The lowest BCUT2D eigenvalue weighted by Gasteiger charge is -2.05. The molecule has 0 aliphatic heterocycles. The molecule has 0 N–H and O–H groups in total. The monoisotopic (exact) mass is 309 g/mol. The highest BCUT2D eigenvalue weighted by molar-refractivity contribution is 7.13. The molecule has 4 heteroatoms. The largest absolute Gasteiger partial charge is 0.457 e. The zero-order valence-electron chi connectivity index (χ0n) is 12.2. The van der Waals surface area contributed by atoms with Gasteiger partial charge in [-0.05, 0) is 23.6 Å². The summed E-state index contributed by atoms with van der Waals surface area (Å²) in [7, 11) is 0. The van der Waals surface area contributed by atoms with E-state index in [0.29, 0.717) is 4.88 Å². The van der Waals surface area contributed by atoms with Crippen LogP contribution in [0.4, 0.5) is 0 Å². The van der Waals surface area contributed by atoms with Gasteiger partial charge in [0.1, 0.15) is 11.5 Å². The molecule has 3 rings (SSSR count). The average Bonchev–Trinajstić information content (AvgIpc) is 3.00. The van der Waals surface area contributed by atoms with Crippen molar-refractivity contribution in [3.8, 4) is 11.1 Å². The lowest BCUT2D eigenvalue weighted by Crippen LogP contribution is -2.03. The van der Waals surface area contributed by atoms with Gasteiger partial charge in [-0.1, -0.05) is 54.6 Å². The molecule has 0 saturated heterocycles. The average molecular weight is 309 g/mol. The Hall–Kier alpha value is -2.46. The third-order valence-corrected chi connectivity index (χ3v) is 4.15. The van der Waals surface area contributed by atoms with Gasteiger partial charge in [0.2, 0.25) is 0 Å². The van der Waals surface area contributed by atoms with Crippen LogP contribution in [0.5, 0.6) is 0 Å². The molecule has 0 bridgehead atoms. The highest BCUT2D eigenvalue weighted by Gasteiger charge is 2.10. The van der Waals surface area contributed by atoms with Gasteiger partial charge in [-0.3, -0.25) is 0 Å². The van der Waals surface area contributed by atoms with Gasteiger partial charge in [0.15, 0.2) is 0 Å². The van der Waals surface area contributed by atoms with Gasteiger partial charge in [0.05, 0.1) is 11.2 Å². The van der Waals surface area contributed by atoms with Crippen molar-refractivity contribution in [3.63, 3.8) is 0 Å². The summed E-state index contributed by atoms with van der Waals surface area (Å²) >= 11 is 1.35. The predicted molar refractivity (Wildman–Crippen MR) is 87.8 cm³/mol. The topological polar surface area (TPSA) is 39.2 Å². The third-order valence-electron chi connectivity index (χ3n) is 3.25. The number of benzene rings is 2. The first-order valence-corrected chi connectivity index (χ1v) is 7.78. The van der Waals surface area contributed by atoms with E-state index in [9.17, 15) is 4.79 Å². The van der Waals surface area contributed by atoms with Gasteiger partial charge >= 0.3 is 5.97 Å². The van der Waals surface area contributed by atoms with Crippen molar-refractivity contribution in [3.05, 3.63) is 76.2 Å². The van der Waals surface area contributed by atoms with E-state index in [1.807, 2.05) is 49.4 Å². The van der Waals surface area contributed by atoms with Crippen molar-refractivity contribution in [1.29, 1.82) is 0 Å². The molecule has 0 unspecified atom stereocenters. The fourth-order valence-corrected chi connectivity index (χ4v) is 2.77. The molecule has 0 spiro atoms. The van der Waals surface area contributed by atoms with Crippen molar-refractivity contribution in [2.24, 2.45) is 0 Å². The van der Waals surface area contributed by atoms with Crippen LogP contribution in [0, 0.1) is 6.92 Å². The molecule has 0 atom stereocenters.